The SMILES string of the molecule is N#CC1=C(N)N(NC(=O)c2ccco2)C2=C(C(=O)CCC2)C1c1ccccc1Cl. The van der Waals surface area contributed by atoms with Crippen molar-refractivity contribution in [2.24, 2.45) is 5.73 Å². The van der Waals surface area contributed by atoms with Gasteiger partial charge in [0.2, 0.25) is 0 Å². The largest absolute Gasteiger partial charge is 0.459 e. The lowest BCUT2D eigenvalue weighted by atomic mass is 9.76. The van der Waals surface area contributed by atoms with Gasteiger partial charge >= 0.3 is 5.91 Å². The Hall–Kier alpha value is -3.50. The maximum atomic E-state index is 12.9. The van der Waals surface area contributed by atoms with Crippen LogP contribution in [0.15, 0.2) is 69.7 Å². The maximum absolute atomic E-state index is 12.9. The molecule has 1 unspecified atom stereocenters. The van der Waals surface area contributed by atoms with Crippen molar-refractivity contribution in [1.82, 2.24) is 10.4 Å². The summed E-state index contributed by atoms with van der Waals surface area (Å²) in [5, 5.41) is 11.7. The van der Waals surface area contributed by atoms with Gasteiger partial charge < -0.3 is 10.2 Å². The van der Waals surface area contributed by atoms with Crippen LogP contribution in [0.4, 0.5) is 0 Å². The minimum Gasteiger partial charge on any atom is -0.459 e. The zero-order valence-electron chi connectivity index (χ0n) is 15.3. The molecular weight excluding hydrogens is 392 g/mol. The fraction of sp³-hybridized carbons (Fsp3) is 0.190. The summed E-state index contributed by atoms with van der Waals surface area (Å²) in [5.74, 6) is -1.14. The number of hydrazine groups is 1. The van der Waals surface area contributed by atoms with E-state index in [1.807, 2.05) is 0 Å². The zero-order chi connectivity index (χ0) is 20.5. The molecule has 2 aliphatic rings. The van der Waals surface area contributed by atoms with E-state index in [0.717, 1.165) is 0 Å². The highest BCUT2D eigenvalue weighted by Gasteiger charge is 2.41. The highest BCUT2D eigenvalue weighted by Crippen LogP contribution is 2.45. The first-order valence-corrected chi connectivity index (χ1v) is 9.45. The van der Waals surface area contributed by atoms with Crippen molar-refractivity contribution in [3.63, 3.8) is 0 Å². The number of Topliss-reactive ketones (excluding diaryl/α,β-unsaturated/α-hetero) is 1. The van der Waals surface area contributed by atoms with Crippen LogP contribution in [-0.4, -0.2) is 16.7 Å². The number of furan rings is 1. The summed E-state index contributed by atoms with van der Waals surface area (Å²) < 4.78 is 5.13. The molecule has 0 saturated carbocycles. The average Bonchev–Trinajstić information content (AvgIpc) is 3.25. The standard InChI is InChI=1S/C21H17ClN4O3/c22-14-6-2-1-5-12(14)18-13(11-23)20(24)26(15-7-3-8-16(27)19(15)18)25-21(28)17-9-4-10-29-17/h1-2,4-6,9-10,18H,3,7-8,24H2,(H,25,28). The molecule has 2 aromatic rings. The Balaban J connectivity index is 1.86. The van der Waals surface area contributed by atoms with Crippen LogP contribution in [0.25, 0.3) is 0 Å². The average molecular weight is 409 g/mol. The van der Waals surface area contributed by atoms with Gasteiger partial charge in [-0.2, -0.15) is 5.26 Å². The molecule has 0 saturated heterocycles. The molecule has 1 aromatic carbocycles. The van der Waals surface area contributed by atoms with Gasteiger partial charge in [0.15, 0.2) is 11.5 Å². The molecule has 1 amide bonds. The molecule has 1 atom stereocenters. The number of benzene rings is 1. The van der Waals surface area contributed by atoms with Crippen molar-refractivity contribution >= 4 is 23.3 Å². The Morgan fingerprint density at radius 2 is 2.07 bits per heavy atom. The summed E-state index contributed by atoms with van der Waals surface area (Å²) in [6, 6.07) is 12.3. The van der Waals surface area contributed by atoms with Crippen LogP contribution in [0.1, 0.15) is 41.3 Å². The Bertz CT molecular complexity index is 1100. The number of halogens is 1. The Morgan fingerprint density at radius 3 is 2.76 bits per heavy atom. The number of hydrogen-bond acceptors (Lipinski definition) is 6. The van der Waals surface area contributed by atoms with Gasteiger partial charge in [-0.05, 0) is 36.6 Å². The number of hydrogen-bond donors (Lipinski definition) is 2. The Kier molecular flexibility index (Phi) is 4.87. The van der Waals surface area contributed by atoms with E-state index in [-0.39, 0.29) is 22.9 Å². The number of carbonyl (C=O) groups is 2. The molecular formula is C21H17ClN4O3. The fourth-order valence-electron chi connectivity index (χ4n) is 3.80. The smallest absolute Gasteiger partial charge is 0.305 e. The molecule has 8 heteroatoms. The topological polar surface area (TPSA) is 112 Å². The molecule has 2 heterocycles. The van der Waals surface area contributed by atoms with E-state index in [2.05, 4.69) is 11.5 Å². The maximum Gasteiger partial charge on any atom is 0.305 e. The quantitative estimate of drug-likeness (QED) is 0.805. The molecule has 4 rings (SSSR count). The van der Waals surface area contributed by atoms with Crippen LogP contribution >= 0.6 is 11.6 Å². The lowest BCUT2D eigenvalue weighted by molar-refractivity contribution is -0.116. The van der Waals surface area contributed by atoms with Crippen LogP contribution in [0.2, 0.25) is 5.02 Å². The summed E-state index contributed by atoms with van der Waals surface area (Å²) in [4.78, 5) is 25.5. The second-order valence-electron chi connectivity index (χ2n) is 6.76. The minimum atomic E-state index is -0.673. The van der Waals surface area contributed by atoms with Crippen molar-refractivity contribution in [3.05, 3.63) is 81.7 Å². The highest BCUT2D eigenvalue weighted by atomic mass is 35.5. The summed E-state index contributed by atoms with van der Waals surface area (Å²) in [7, 11) is 0. The molecule has 0 bridgehead atoms. The van der Waals surface area contributed by atoms with Crippen LogP contribution < -0.4 is 11.2 Å². The summed E-state index contributed by atoms with van der Waals surface area (Å²) in [6.45, 7) is 0. The van der Waals surface area contributed by atoms with Gasteiger partial charge in [-0.1, -0.05) is 29.8 Å². The minimum absolute atomic E-state index is 0.0609. The molecule has 1 aliphatic heterocycles. The fourth-order valence-corrected chi connectivity index (χ4v) is 4.04. The third-order valence-electron chi connectivity index (χ3n) is 5.09. The molecule has 3 N–H and O–H groups in total. The van der Waals surface area contributed by atoms with Gasteiger partial charge in [0.1, 0.15) is 5.82 Å². The molecule has 1 aromatic heterocycles. The summed E-state index contributed by atoms with van der Waals surface area (Å²) in [6.07, 6.45) is 2.89. The van der Waals surface area contributed by atoms with Crippen molar-refractivity contribution in [2.45, 2.75) is 25.2 Å². The second kappa shape index (κ2) is 7.49. The van der Waals surface area contributed by atoms with E-state index in [1.54, 1.807) is 30.3 Å². The predicted molar refractivity (Wildman–Crippen MR) is 105 cm³/mol. The molecule has 1 aliphatic carbocycles. The van der Waals surface area contributed by atoms with Crippen LogP contribution in [0.3, 0.4) is 0 Å². The summed E-state index contributed by atoms with van der Waals surface area (Å²) in [5.41, 5.74) is 10.8. The van der Waals surface area contributed by atoms with Crippen LogP contribution in [0.5, 0.6) is 0 Å². The van der Waals surface area contributed by atoms with E-state index in [9.17, 15) is 14.9 Å². The number of ketones is 1. The second-order valence-corrected chi connectivity index (χ2v) is 7.16. The lowest BCUT2D eigenvalue weighted by Gasteiger charge is -2.39. The van der Waals surface area contributed by atoms with Gasteiger partial charge in [0, 0.05) is 22.7 Å². The van der Waals surface area contributed by atoms with Crippen LogP contribution in [-0.2, 0) is 4.79 Å². The Labute approximate surface area is 172 Å². The van der Waals surface area contributed by atoms with E-state index in [4.69, 9.17) is 21.8 Å². The van der Waals surface area contributed by atoms with Gasteiger partial charge in [-0.25, -0.2) is 5.01 Å². The number of carbonyl (C=O) groups excluding carboxylic acids is 2. The zero-order valence-corrected chi connectivity index (χ0v) is 16.1. The number of nitriles is 1. The number of nitrogens with one attached hydrogen (secondary N) is 1. The van der Waals surface area contributed by atoms with Gasteiger partial charge in [-0.3, -0.25) is 15.0 Å². The first-order valence-electron chi connectivity index (χ1n) is 9.08. The monoisotopic (exact) mass is 408 g/mol. The lowest BCUT2D eigenvalue weighted by Crippen LogP contribution is -2.48. The van der Waals surface area contributed by atoms with Crippen molar-refractivity contribution < 1.29 is 14.0 Å². The van der Waals surface area contributed by atoms with Crippen molar-refractivity contribution in [1.29, 1.82) is 5.26 Å². The highest BCUT2D eigenvalue weighted by molar-refractivity contribution is 6.31. The molecule has 146 valence electrons. The number of nitrogens with two attached hydrogens (primary N) is 1. The van der Waals surface area contributed by atoms with Gasteiger partial charge in [-0.15, -0.1) is 0 Å². The normalized spacial score (nSPS) is 19.1. The third kappa shape index (κ3) is 3.18. The van der Waals surface area contributed by atoms with E-state index < -0.39 is 11.8 Å². The third-order valence-corrected chi connectivity index (χ3v) is 5.43. The van der Waals surface area contributed by atoms with E-state index >= 15 is 0 Å². The molecule has 0 radical (unpaired) electrons. The van der Waals surface area contributed by atoms with Crippen molar-refractivity contribution in [2.75, 3.05) is 0 Å². The number of rotatable bonds is 3. The molecule has 0 fully saturated rings. The van der Waals surface area contributed by atoms with E-state index in [0.29, 0.717) is 41.1 Å². The first-order chi connectivity index (χ1) is 14.0. The Morgan fingerprint density at radius 1 is 1.28 bits per heavy atom. The van der Waals surface area contributed by atoms with Crippen LogP contribution in [0, 0.1) is 11.3 Å². The van der Waals surface area contributed by atoms with Gasteiger partial charge in [0.05, 0.1) is 23.8 Å². The predicted octanol–water partition coefficient (Wildman–Crippen LogP) is 3.38. The number of nitrogens with zero attached hydrogens (tertiary/aromatic N) is 2. The van der Waals surface area contributed by atoms with Gasteiger partial charge in [0.25, 0.3) is 0 Å². The number of allylic oxidation sites excluding steroid dienone is 3. The first kappa shape index (κ1) is 18.8. The number of amides is 1. The van der Waals surface area contributed by atoms with E-state index in [1.165, 1.54) is 17.3 Å². The summed E-state index contributed by atoms with van der Waals surface area (Å²) >= 11 is 6.39. The molecule has 7 nitrogen and oxygen atoms in total. The van der Waals surface area contributed by atoms with Crippen molar-refractivity contribution in [3.8, 4) is 6.07 Å². The molecule has 0 spiro atoms. The molecule has 29 heavy (non-hydrogen) atoms.